The maximum absolute atomic E-state index is 9.00. The van der Waals surface area contributed by atoms with Crippen molar-refractivity contribution in [2.45, 2.75) is 84.2 Å². The molecule has 8 nitrogen and oxygen atoms in total. The van der Waals surface area contributed by atoms with Gasteiger partial charge in [-0.25, -0.2) is 0 Å². The highest BCUT2D eigenvalue weighted by Crippen LogP contribution is 2.10. The van der Waals surface area contributed by atoms with Crippen LogP contribution < -0.4 is 22.1 Å². The summed E-state index contributed by atoms with van der Waals surface area (Å²) in [5.74, 6) is -1.03. The maximum Gasteiger partial charge on any atom is 0.300 e. The summed E-state index contributed by atoms with van der Waals surface area (Å²) in [6.45, 7) is 3.32. The number of guanidine groups is 2. The van der Waals surface area contributed by atoms with Crippen molar-refractivity contribution >= 4 is 17.9 Å². The van der Waals surface area contributed by atoms with Gasteiger partial charge in [0.25, 0.3) is 5.97 Å². The van der Waals surface area contributed by atoms with Crippen molar-refractivity contribution in [1.29, 1.82) is 10.8 Å². The van der Waals surface area contributed by atoms with E-state index in [0.29, 0.717) is 0 Å². The Hall–Kier alpha value is -1.99. The fourth-order valence-corrected chi connectivity index (χ4v) is 2.21. The number of unbranched alkanes of at least 4 members (excludes halogenated alkanes) is 8. The lowest BCUT2D eigenvalue weighted by Gasteiger charge is -2.20. The van der Waals surface area contributed by atoms with Crippen LogP contribution in [-0.4, -0.2) is 29.2 Å². The van der Waals surface area contributed by atoms with Crippen molar-refractivity contribution < 1.29 is 9.90 Å². The molecule has 8 heteroatoms. The molecular formula is C16H36N6O2. The van der Waals surface area contributed by atoms with Crippen LogP contribution in [-0.2, 0) is 4.79 Å². The van der Waals surface area contributed by atoms with Crippen LogP contribution in [0.15, 0.2) is 0 Å². The van der Waals surface area contributed by atoms with Crippen molar-refractivity contribution in [3.05, 3.63) is 0 Å². The second-order valence-electron chi connectivity index (χ2n) is 5.80. The predicted octanol–water partition coefficient (Wildman–Crippen LogP) is 2.29. The first-order valence-corrected chi connectivity index (χ1v) is 8.70. The first-order chi connectivity index (χ1) is 11.3. The third-order valence-electron chi connectivity index (χ3n) is 3.26. The fraction of sp³-hybridized carbons (Fsp3) is 0.812. The molecule has 0 aliphatic heterocycles. The van der Waals surface area contributed by atoms with Crippen molar-refractivity contribution in [1.82, 2.24) is 10.6 Å². The molecule has 9 N–H and O–H groups in total. The molecule has 142 valence electrons. The number of hydrogen-bond donors (Lipinski definition) is 7. The molecule has 0 atom stereocenters. The number of carbonyl (C=O) groups is 1. The second-order valence-corrected chi connectivity index (χ2v) is 5.80. The smallest absolute Gasteiger partial charge is 0.300 e. The van der Waals surface area contributed by atoms with E-state index in [9.17, 15) is 0 Å². The summed E-state index contributed by atoms with van der Waals surface area (Å²) < 4.78 is 0. The van der Waals surface area contributed by atoms with Gasteiger partial charge in [-0.2, -0.15) is 0 Å². The molecule has 0 heterocycles. The molecule has 0 aliphatic rings. The summed E-state index contributed by atoms with van der Waals surface area (Å²) in [6.07, 6.45) is 12.1. The van der Waals surface area contributed by atoms with E-state index >= 15 is 0 Å². The lowest BCUT2D eigenvalue weighted by Crippen LogP contribution is -2.51. The van der Waals surface area contributed by atoms with Gasteiger partial charge >= 0.3 is 0 Å². The van der Waals surface area contributed by atoms with Crippen LogP contribution in [0.1, 0.15) is 78.1 Å². The van der Waals surface area contributed by atoms with Gasteiger partial charge in [-0.1, -0.05) is 58.3 Å². The molecule has 0 saturated heterocycles. The number of carboxylic acid groups (broad SMARTS) is 1. The topological polar surface area (TPSA) is 161 Å². The van der Waals surface area contributed by atoms with E-state index in [2.05, 4.69) is 17.6 Å². The summed E-state index contributed by atoms with van der Waals surface area (Å²) in [6, 6.07) is 0. The number of nitrogens with one attached hydrogen (secondary N) is 4. The van der Waals surface area contributed by atoms with Gasteiger partial charge in [-0.05, 0) is 12.8 Å². The van der Waals surface area contributed by atoms with Gasteiger partial charge in [-0.15, -0.1) is 0 Å². The van der Waals surface area contributed by atoms with Crippen LogP contribution in [0, 0.1) is 10.8 Å². The fourth-order valence-electron chi connectivity index (χ4n) is 2.21. The van der Waals surface area contributed by atoms with E-state index in [0.717, 1.165) is 19.8 Å². The molecule has 0 saturated carbocycles. The summed E-state index contributed by atoms with van der Waals surface area (Å²) in [4.78, 5) is 9.00. The molecule has 0 spiro atoms. The number of rotatable bonds is 12. The Kier molecular flexibility index (Phi) is 17.6. The molecule has 0 fully saturated rings. The number of hydrogen-bond acceptors (Lipinski definition) is 3. The quantitative estimate of drug-likeness (QED) is 0.124. The summed E-state index contributed by atoms with van der Waals surface area (Å²) in [5.41, 5.74) is 10.6. The van der Waals surface area contributed by atoms with Gasteiger partial charge < -0.3 is 27.2 Å². The van der Waals surface area contributed by atoms with Gasteiger partial charge in [-0.3, -0.25) is 15.6 Å². The monoisotopic (exact) mass is 344 g/mol. The molecule has 0 aromatic carbocycles. The maximum atomic E-state index is 9.00. The molecule has 0 radical (unpaired) electrons. The third-order valence-corrected chi connectivity index (χ3v) is 3.26. The van der Waals surface area contributed by atoms with Gasteiger partial charge in [0.15, 0.2) is 11.9 Å². The molecule has 0 unspecified atom stereocenters. The Morgan fingerprint density at radius 2 is 1.25 bits per heavy atom. The highest BCUT2D eigenvalue weighted by Gasteiger charge is 2.08. The number of carboxylic acids is 1. The minimum Gasteiger partial charge on any atom is -0.481 e. The van der Waals surface area contributed by atoms with Crippen LogP contribution in [0.3, 0.4) is 0 Å². The first kappa shape index (κ1) is 24.3. The van der Waals surface area contributed by atoms with Crippen LogP contribution in [0.4, 0.5) is 0 Å². The minimum atomic E-state index is -0.833. The molecule has 24 heavy (non-hydrogen) atoms. The van der Waals surface area contributed by atoms with Gasteiger partial charge in [0.1, 0.15) is 6.17 Å². The minimum absolute atomic E-state index is 0.0975. The third kappa shape index (κ3) is 25.0. The number of aliphatic carboxylic acids is 1. The van der Waals surface area contributed by atoms with Crippen molar-refractivity contribution in [2.75, 3.05) is 0 Å². The SMILES string of the molecule is CC(=O)O.CCCCCCCCCCCC(NC(=N)N)NC(=N)N. The average Bonchev–Trinajstić information content (AvgIpc) is 2.43. The largest absolute Gasteiger partial charge is 0.481 e. The van der Waals surface area contributed by atoms with Gasteiger partial charge in [0, 0.05) is 6.92 Å². The van der Waals surface area contributed by atoms with E-state index in [-0.39, 0.29) is 18.1 Å². The number of nitrogens with two attached hydrogens (primary N) is 2. The zero-order valence-corrected chi connectivity index (χ0v) is 15.2. The van der Waals surface area contributed by atoms with Crippen molar-refractivity contribution in [2.24, 2.45) is 11.5 Å². The Morgan fingerprint density at radius 3 is 1.58 bits per heavy atom. The van der Waals surface area contributed by atoms with Crippen LogP contribution >= 0.6 is 0 Å². The zero-order valence-electron chi connectivity index (χ0n) is 15.2. The molecule has 0 aromatic heterocycles. The summed E-state index contributed by atoms with van der Waals surface area (Å²) >= 11 is 0. The van der Waals surface area contributed by atoms with E-state index in [4.69, 9.17) is 32.2 Å². The normalized spacial score (nSPS) is 10.9. The Labute approximate surface area is 145 Å². The van der Waals surface area contributed by atoms with Crippen LogP contribution in [0.25, 0.3) is 0 Å². The average molecular weight is 345 g/mol. The standard InChI is InChI=1S/C14H32N6.C2H4O2/c1-2-3-4-5-6-7-8-9-10-11-12(19-13(15)16)20-14(17)18;1-2(3)4/h12H,2-11H2,1H3,(H4,15,16,19)(H4,17,18,20);1H3,(H,3,4). The second kappa shape index (κ2) is 17.4. The zero-order chi connectivity index (χ0) is 18.8. The highest BCUT2D eigenvalue weighted by atomic mass is 16.4. The van der Waals surface area contributed by atoms with Crippen LogP contribution in [0.2, 0.25) is 0 Å². The Morgan fingerprint density at radius 1 is 0.917 bits per heavy atom. The van der Waals surface area contributed by atoms with Crippen molar-refractivity contribution in [3.63, 3.8) is 0 Å². The van der Waals surface area contributed by atoms with E-state index in [1.165, 1.54) is 51.4 Å². The summed E-state index contributed by atoms with van der Waals surface area (Å²) in [5, 5.41) is 27.4. The Balaban J connectivity index is 0. The summed E-state index contributed by atoms with van der Waals surface area (Å²) in [7, 11) is 0. The lowest BCUT2D eigenvalue weighted by atomic mass is 10.1. The van der Waals surface area contributed by atoms with E-state index in [1.54, 1.807) is 0 Å². The molecule has 0 bridgehead atoms. The van der Waals surface area contributed by atoms with Gasteiger partial charge in [0.05, 0.1) is 0 Å². The molecular weight excluding hydrogens is 308 g/mol. The molecule has 0 amide bonds. The lowest BCUT2D eigenvalue weighted by molar-refractivity contribution is -0.134. The predicted molar refractivity (Wildman–Crippen MR) is 99.0 cm³/mol. The highest BCUT2D eigenvalue weighted by molar-refractivity contribution is 5.77. The van der Waals surface area contributed by atoms with Crippen molar-refractivity contribution in [3.8, 4) is 0 Å². The Bertz CT molecular complexity index is 329. The molecule has 0 aliphatic carbocycles. The van der Waals surface area contributed by atoms with E-state index in [1.807, 2.05) is 0 Å². The molecule has 0 aromatic rings. The van der Waals surface area contributed by atoms with Crippen LogP contribution in [0.5, 0.6) is 0 Å². The first-order valence-electron chi connectivity index (χ1n) is 8.70. The van der Waals surface area contributed by atoms with E-state index < -0.39 is 5.97 Å². The molecule has 0 rings (SSSR count). The van der Waals surface area contributed by atoms with Gasteiger partial charge in [0.2, 0.25) is 0 Å².